The highest BCUT2D eigenvalue weighted by Crippen LogP contribution is 2.22. The number of nitrogens with zero attached hydrogens (tertiary/aromatic N) is 2. The van der Waals surface area contributed by atoms with E-state index in [0.29, 0.717) is 4.47 Å². The zero-order valence-electron chi connectivity index (χ0n) is 12.8. The number of hydrogen-bond acceptors (Lipinski definition) is 5. The maximum absolute atomic E-state index is 13.8. The first-order valence-corrected chi connectivity index (χ1v) is 7.73. The second-order valence-electron chi connectivity index (χ2n) is 5.19. The van der Waals surface area contributed by atoms with E-state index in [0.717, 1.165) is 0 Å². The topological polar surface area (TPSA) is 74.3 Å². The molecule has 0 radical (unpaired) electrons. The summed E-state index contributed by atoms with van der Waals surface area (Å²) in [7, 11) is 1.52. The monoisotopic (exact) mass is 394 g/mol. The summed E-state index contributed by atoms with van der Waals surface area (Å²) in [5.74, 6) is -1.04. The molecule has 0 saturated heterocycles. The lowest BCUT2D eigenvalue weighted by Crippen LogP contribution is -2.19. The highest BCUT2D eigenvalue weighted by Gasteiger charge is 2.24. The van der Waals surface area contributed by atoms with E-state index in [4.69, 9.17) is 9.15 Å². The molecule has 0 atom stereocenters. The molecule has 6 nitrogen and oxygen atoms in total. The molecule has 0 aliphatic carbocycles. The SMILES string of the molecule is Cc1oc2ncn(C)c(=O)c2c1C(=O)OCc1ccc(Br)cc1F. The van der Waals surface area contributed by atoms with Crippen molar-refractivity contribution in [3.63, 3.8) is 0 Å². The van der Waals surface area contributed by atoms with Crippen LogP contribution in [0, 0.1) is 12.7 Å². The van der Waals surface area contributed by atoms with E-state index in [2.05, 4.69) is 20.9 Å². The minimum absolute atomic E-state index is 0.0104. The summed E-state index contributed by atoms with van der Waals surface area (Å²) in [4.78, 5) is 28.6. The predicted octanol–water partition coefficient (Wildman–Crippen LogP) is 3.09. The molecule has 0 bridgehead atoms. The van der Waals surface area contributed by atoms with E-state index in [1.54, 1.807) is 6.07 Å². The molecule has 3 rings (SSSR count). The number of aryl methyl sites for hydroxylation is 2. The van der Waals surface area contributed by atoms with Gasteiger partial charge in [-0.15, -0.1) is 0 Å². The quantitative estimate of drug-likeness (QED) is 0.638. The number of benzene rings is 1. The summed E-state index contributed by atoms with van der Waals surface area (Å²) in [6.07, 6.45) is 1.31. The fourth-order valence-electron chi connectivity index (χ4n) is 2.29. The number of carbonyl (C=O) groups excluding carboxylic acids is 1. The van der Waals surface area contributed by atoms with Crippen LogP contribution < -0.4 is 5.56 Å². The Hall–Kier alpha value is -2.48. The lowest BCUT2D eigenvalue weighted by atomic mass is 10.2. The number of ether oxygens (including phenoxy) is 1. The number of carbonyl (C=O) groups is 1. The second-order valence-corrected chi connectivity index (χ2v) is 6.10. The fraction of sp³-hybridized carbons (Fsp3) is 0.188. The lowest BCUT2D eigenvalue weighted by molar-refractivity contribution is 0.0469. The number of esters is 1. The van der Waals surface area contributed by atoms with Crippen molar-refractivity contribution in [2.75, 3.05) is 0 Å². The first-order valence-electron chi connectivity index (χ1n) is 6.94. The lowest BCUT2D eigenvalue weighted by Gasteiger charge is -2.06. The van der Waals surface area contributed by atoms with Gasteiger partial charge in [-0.2, -0.15) is 0 Å². The van der Waals surface area contributed by atoms with Gasteiger partial charge in [-0.05, 0) is 19.1 Å². The number of furan rings is 1. The fourth-order valence-corrected chi connectivity index (χ4v) is 2.62. The van der Waals surface area contributed by atoms with Gasteiger partial charge in [-0.3, -0.25) is 4.79 Å². The van der Waals surface area contributed by atoms with Crippen LogP contribution in [-0.4, -0.2) is 15.5 Å². The molecule has 0 N–H and O–H groups in total. The van der Waals surface area contributed by atoms with E-state index < -0.39 is 17.3 Å². The van der Waals surface area contributed by atoms with Gasteiger partial charge >= 0.3 is 5.97 Å². The van der Waals surface area contributed by atoms with E-state index >= 15 is 0 Å². The summed E-state index contributed by atoms with van der Waals surface area (Å²) in [5, 5.41) is 0.0544. The van der Waals surface area contributed by atoms with E-state index in [-0.39, 0.29) is 34.6 Å². The zero-order valence-corrected chi connectivity index (χ0v) is 14.4. The predicted molar refractivity (Wildman–Crippen MR) is 87.2 cm³/mol. The zero-order chi connectivity index (χ0) is 17.4. The molecule has 8 heteroatoms. The first kappa shape index (κ1) is 16.4. The Labute approximate surface area is 144 Å². The third-order valence-corrected chi connectivity index (χ3v) is 4.02. The molecule has 0 aliphatic heterocycles. The van der Waals surface area contributed by atoms with Crippen LogP contribution in [0.5, 0.6) is 0 Å². The van der Waals surface area contributed by atoms with Crippen LogP contribution in [-0.2, 0) is 18.4 Å². The Kier molecular flexibility index (Phi) is 4.23. The summed E-state index contributed by atoms with van der Waals surface area (Å²) < 4.78 is 26.1. The standard InChI is InChI=1S/C16H12BrFN2O4/c1-8-12(13-14(24-8)19-7-20(2)15(13)21)16(22)23-6-9-3-4-10(17)5-11(9)18/h3-5,7H,6H2,1-2H3. The van der Waals surface area contributed by atoms with Gasteiger partial charge in [0.25, 0.3) is 5.56 Å². The molecular formula is C16H12BrFN2O4. The van der Waals surface area contributed by atoms with Crippen molar-refractivity contribution in [3.05, 3.63) is 62.1 Å². The van der Waals surface area contributed by atoms with Crippen molar-refractivity contribution in [3.8, 4) is 0 Å². The van der Waals surface area contributed by atoms with Crippen molar-refractivity contribution in [2.24, 2.45) is 7.05 Å². The molecule has 0 spiro atoms. The van der Waals surface area contributed by atoms with Crippen LogP contribution in [0.15, 0.2) is 38.2 Å². The summed E-state index contributed by atoms with van der Waals surface area (Å²) in [6.45, 7) is 1.28. The van der Waals surface area contributed by atoms with Crippen molar-refractivity contribution in [1.82, 2.24) is 9.55 Å². The highest BCUT2D eigenvalue weighted by atomic mass is 79.9. The van der Waals surface area contributed by atoms with Crippen molar-refractivity contribution >= 4 is 33.0 Å². The number of halogens is 2. The third kappa shape index (κ3) is 2.84. The van der Waals surface area contributed by atoms with Crippen LogP contribution in [0.25, 0.3) is 11.1 Å². The summed E-state index contributed by atoms with van der Waals surface area (Å²) in [6, 6.07) is 4.43. The molecule has 2 aromatic heterocycles. The van der Waals surface area contributed by atoms with Crippen LogP contribution in [0.2, 0.25) is 0 Å². The third-order valence-electron chi connectivity index (χ3n) is 3.53. The van der Waals surface area contributed by atoms with Gasteiger partial charge in [0.2, 0.25) is 5.71 Å². The number of hydrogen-bond donors (Lipinski definition) is 0. The molecule has 124 valence electrons. The molecule has 0 amide bonds. The average molecular weight is 395 g/mol. The molecule has 2 heterocycles. The van der Waals surface area contributed by atoms with Gasteiger partial charge in [-0.1, -0.05) is 22.0 Å². The Balaban J connectivity index is 1.93. The van der Waals surface area contributed by atoms with Crippen LogP contribution in [0.1, 0.15) is 21.7 Å². The van der Waals surface area contributed by atoms with E-state index in [1.807, 2.05) is 0 Å². The van der Waals surface area contributed by atoms with Crippen LogP contribution >= 0.6 is 15.9 Å². The van der Waals surface area contributed by atoms with Gasteiger partial charge in [0.1, 0.15) is 35.5 Å². The largest absolute Gasteiger partial charge is 0.457 e. The van der Waals surface area contributed by atoms with Crippen molar-refractivity contribution < 1.29 is 18.3 Å². The van der Waals surface area contributed by atoms with E-state index in [9.17, 15) is 14.0 Å². The average Bonchev–Trinajstić information content (AvgIpc) is 2.87. The van der Waals surface area contributed by atoms with Crippen molar-refractivity contribution in [1.29, 1.82) is 0 Å². The van der Waals surface area contributed by atoms with Gasteiger partial charge in [0, 0.05) is 17.1 Å². The van der Waals surface area contributed by atoms with Crippen LogP contribution in [0.4, 0.5) is 4.39 Å². The number of fused-ring (bicyclic) bond motifs is 1. The number of aromatic nitrogens is 2. The maximum atomic E-state index is 13.8. The summed E-state index contributed by atoms with van der Waals surface area (Å²) in [5.41, 5.74) is -0.116. The Morgan fingerprint density at radius 1 is 1.46 bits per heavy atom. The van der Waals surface area contributed by atoms with Crippen molar-refractivity contribution in [2.45, 2.75) is 13.5 Å². The van der Waals surface area contributed by atoms with Gasteiger partial charge < -0.3 is 13.7 Å². The van der Waals surface area contributed by atoms with Gasteiger partial charge in [0.05, 0.1) is 0 Å². The Bertz CT molecular complexity index is 1010. The number of rotatable bonds is 3. The first-order chi connectivity index (χ1) is 11.4. The normalized spacial score (nSPS) is 11.0. The molecule has 0 unspecified atom stereocenters. The minimum atomic E-state index is -0.765. The minimum Gasteiger partial charge on any atom is -0.457 e. The van der Waals surface area contributed by atoms with Crippen LogP contribution in [0.3, 0.4) is 0 Å². The second kappa shape index (κ2) is 6.20. The van der Waals surface area contributed by atoms with Gasteiger partial charge in [0.15, 0.2) is 0 Å². The molecule has 1 aromatic carbocycles. The van der Waals surface area contributed by atoms with E-state index in [1.165, 1.54) is 37.0 Å². The molecule has 3 aromatic rings. The molecule has 24 heavy (non-hydrogen) atoms. The summed E-state index contributed by atoms with van der Waals surface area (Å²) >= 11 is 3.16. The molecular weight excluding hydrogens is 383 g/mol. The highest BCUT2D eigenvalue weighted by molar-refractivity contribution is 9.10. The maximum Gasteiger partial charge on any atom is 0.342 e. The molecule has 0 aliphatic rings. The molecule has 0 saturated carbocycles. The smallest absolute Gasteiger partial charge is 0.342 e. The van der Waals surface area contributed by atoms with Gasteiger partial charge in [-0.25, -0.2) is 14.2 Å². The Morgan fingerprint density at radius 2 is 2.21 bits per heavy atom. The Morgan fingerprint density at radius 3 is 2.92 bits per heavy atom. The molecule has 0 fully saturated rings.